The molecule has 2 amide bonds. The van der Waals surface area contributed by atoms with Crippen molar-refractivity contribution in [2.24, 2.45) is 7.05 Å². The van der Waals surface area contributed by atoms with Gasteiger partial charge in [0.1, 0.15) is 5.69 Å². The van der Waals surface area contributed by atoms with Crippen LogP contribution < -0.4 is 10.6 Å². The van der Waals surface area contributed by atoms with Gasteiger partial charge in [-0.1, -0.05) is 48.9 Å². The molecule has 1 saturated heterocycles. The lowest BCUT2D eigenvalue weighted by Crippen LogP contribution is -2.38. The standard InChI is InChI=1S/C27H30N4O3/c1-30-19-23(18-24(30)27(34)28-14-17-31-15-6-3-7-16-31)29-26(33)22-12-10-21(11-13-22)25(32)20-8-4-2-5-9-20/h2,4-5,8-13,18-19H,3,6-7,14-17H2,1H3,(H,28,34)(H,29,33). The van der Waals surface area contributed by atoms with Gasteiger partial charge in [0.15, 0.2) is 5.78 Å². The van der Waals surface area contributed by atoms with Crippen LogP contribution in [0.5, 0.6) is 0 Å². The second-order valence-corrected chi connectivity index (χ2v) is 8.61. The molecule has 1 aromatic heterocycles. The van der Waals surface area contributed by atoms with Crippen molar-refractivity contribution in [3.8, 4) is 0 Å². The highest BCUT2D eigenvalue weighted by Crippen LogP contribution is 2.16. The summed E-state index contributed by atoms with van der Waals surface area (Å²) in [7, 11) is 1.78. The highest BCUT2D eigenvalue weighted by atomic mass is 16.2. The Balaban J connectivity index is 1.33. The molecule has 7 nitrogen and oxygen atoms in total. The van der Waals surface area contributed by atoms with Gasteiger partial charge in [0.05, 0.1) is 5.69 Å². The summed E-state index contributed by atoms with van der Waals surface area (Å²) in [5.74, 6) is -0.559. The molecule has 176 valence electrons. The zero-order valence-electron chi connectivity index (χ0n) is 19.4. The van der Waals surface area contributed by atoms with Crippen molar-refractivity contribution in [2.75, 3.05) is 31.5 Å². The maximum atomic E-state index is 12.7. The van der Waals surface area contributed by atoms with Gasteiger partial charge in [-0.2, -0.15) is 0 Å². The first-order valence-corrected chi connectivity index (χ1v) is 11.7. The van der Waals surface area contributed by atoms with E-state index in [0.29, 0.717) is 34.6 Å². The summed E-state index contributed by atoms with van der Waals surface area (Å²) >= 11 is 0. The van der Waals surface area contributed by atoms with E-state index < -0.39 is 0 Å². The lowest BCUT2D eigenvalue weighted by Gasteiger charge is -2.26. The summed E-state index contributed by atoms with van der Waals surface area (Å²) in [5.41, 5.74) is 2.58. The molecule has 1 fully saturated rings. The third kappa shape index (κ3) is 5.80. The van der Waals surface area contributed by atoms with Crippen LogP contribution in [0.15, 0.2) is 66.9 Å². The van der Waals surface area contributed by atoms with Crippen LogP contribution >= 0.6 is 0 Å². The number of rotatable bonds is 8. The second kappa shape index (κ2) is 10.9. The minimum Gasteiger partial charge on any atom is -0.349 e. The Labute approximate surface area is 199 Å². The van der Waals surface area contributed by atoms with Gasteiger partial charge in [0, 0.05) is 43.0 Å². The second-order valence-electron chi connectivity index (χ2n) is 8.61. The first-order chi connectivity index (χ1) is 16.5. The number of ketones is 1. The van der Waals surface area contributed by atoms with Crippen molar-refractivity contribution in [3.05, 3.63) is 89.2 Å². The number of carbonyl (C=O) groups is 3. The Morgan fingerprint density at radius 2 is 1.47 bits per heavy atom. The number of piperidine rings is 1. The van der Waals surface area contributed by atoms with E-state index in [9.17, 15) is 14.4 Å². The number of amides is 2. The van der Waals surface area contributed by atoms with Gasteiger partial charge in [-0.15, -0.1) is 0 Å². The fourth-order valence-electron chi connectivity index (χ4n) is 4.19. The molecule has 2 heterocycles. The minimum atomic E-state index is -0.304. The molecule has 0 unspecified atom stereocenters. The van der Waals surface area contributed by atoms with Crippen molar-refractivity contribution < 1.29 is 14.4 Å². The van der Waals surface area contributed by atoms with Crippen LogP contribution in [0.4, 0.5) is 5.69 Å². The molecule has 0 atom stereocenters. The Morgan fingerprint density at radius 1 is 0.824 bits per heavy atom. The minimum absolute atomic E-state index is 0.0911. The molecule has 2 aromatic carbocycles. The third-order valence-electron chi connectivity index (χ3n) is 6.10. The fourth-order valence-corrected chi connectivity index (χ4v) is 4.19. The summed E-state index contributed by atoms with van der Waals surface area (Å²) < 4.78 is 1.70. The van der Waals surface area contributed by atoms with E-state index in [2.05, 4.69) is 15.5 Å². The molecule has 4 rings (SSSR count). The number of aryl methyl sites for hydroxylation is 1. The quantitative estimate of drug-likeness (QED) is 0.504. The highest BCUT2D eigenvalue weighted by Gasteiger charge is 2.16. The predicted octanol–water partition coefficient (Wildman–Crippen LogP) is 3.72. The van der Waals surface area contributed by atoms with Crippen molar-refractivity contribution in [2.45, 2.75) is 19.3 Å². The summed E-state index contributed by atoms with van der Waals surface area (Å²) in [4.78, 5) is 40.2. The Bertz CT molecular complexity index is 1150. The van der Waals surface area contributed by atoms with E-state index in [4.69, 9.17) is 0 Å². The van der Waals surface area contributed by atoms with Crippen LogP contribution in [-0.4, -0.2) is 53.2 Å². The van der Waals surface area contributed by atoms with Gasteiger partial charge in [0.25, 0.3) is 11.8 Å². The summed E-state index contributed by atoms with van der Waals surface area (Å²) in [6.45, 7) is 3.64. The Kier molecular flexibility index (Phi) is 7.54. The molecule has 0 radical (unpaired) electrons. The van der Waals surface area contributed by atoms with Gasteiger partial charge < -0.3 is 20.1 Å². The van der Waals surface area contributed by atoms with E-state index in [1.807, 2.05) is 18.2 Å². The number of nitrogens with one attached hydrogen (secondary N) is 2. The number of anilines is 1. The van der Waals surface area contributed by atoms with Crippen molar-refractivity contribution >= 4 is 23.3 Å². The molecular weight excluding hydrogens is 428 g/mol. The molecule has 0 saturated carbocycles. The molecule has 0 aliphatic carbocycles. The van der Waals surface area contributed by atoms with E-state index in [-0.39, 0.29) is 17.6 Å². The fraction of sp³-hybridized carbons (Fsp3) is 0.296. The van der Waals surface area contributed by atoms with Crippen molar-refractivity contribution in [1.82, 2.24) is 14.8 Å². The van der Waals surface area contributed by atoms with Gasteiger partial charge in [-0.25, -0.2) is 0 Å². The molecular formula is C27H30N4O3. The van der Waals surface area contributed by atoms with Crippen LogP contribution in [0.1, 0.15) is 56.0 Å². The monoisotopic (exact) mass is 458 g/mol. The average Bonchev–Trinajstić information content (AvgIpc) is 3.24. The SMILES string of the molecule is Cn1cc(NC(=O)c2ccc(C(=O)c3ccccc3)cc2)cc1C(=O)NCCN1CCCCC1. The normalized spacial score (nSPS) is 13.9. The number of carbonyl (C=O) groups excluding carboxylic acids is 3. The van der Waals surface area contributed by atoms with E-state index in [1.54, 1.807) is 60.3 Å². The molecule has 3 aromatic rings. The number of nitrogens with zero attached hydrogens (tertiary/aromatic N) is 2. The summed E-state index contributed by atoms with van der Waals surface area (Å²) in [5, 5.41) is 5.80. The van der Waals surface area contributed by atoms with Crippen molar-refractivity contribution in [3.63, 3.8) is 0 Å². The number of benzene rings is 2. The van der Waals surface area contributed by atoms with E-state index in [1.165, 1.54) is 19.3 Å². The first kappa shape index (κ1) is 23.4. The average molecular weight is 459 g/mol. The zero-order valence-corrected chi connectivity index (χ0v) is 19.4. The summed E-state index contributed by atoms with van der Waals surface area (Å²) in [6.07, 6.45) is 5.45. The molecule has 1 aliphatic rings. The van der Waals surface area contributed by atoms with E-state index in [0.717, 1.165) is 19.6 Å². The predicted molar refractivity (Wildman–Crippen MR) is 132 cm³/mol. The van der Waals surface area contributed by atoms with Gasteiger partial charge in [-0.05, 0) is 44.1 Å². The number of aromatic nitrogens is 1. The first-order valence-electron chi connectivity index (χ1n) is 11.7. The topological polar surface area (TPSA) is 83.4 Å². The molecule has 1 aliphatic heterocycles. The zero-order chi connectivity index (χ0) is 23.9. The summed E-state index contributed by atoms with van der Waals surface area (Å²) in [6, 6.07) is 17.2. The molecule has 0 bridgehead atoms. The molecule has 2 N–H and O–H groups in total. The largest absolute Gasteiger partial charge is 0.349 e. The van der Waals surface area contributed by atoms with Crippen molar-refractivity contribution in [1.29, 1.82) is 0 Å². The number of hydrogen-bond acceptors (Lipinski definition) is 4. The van der Waals surface area contributed by atoms with Crippen LogP contribution in [0.25, 0.3) is 0 Å². The van der Waals surface area contributed by atoms with Gasteiger partial charge >= 0.3 is 0 Å². The molecule has 0 spiro atoms. The maximum Gasteiger partial charge on any atom is 0.268 e. The van der Waals surface area contributed by atoms with Gasteiger partial charge in [0.2, 0.25) is 0 Å². The number of hydrogen-bond donors (Lipinski definition) is 2. The Hall–Kier alpha value is -3.71. The lowest BCUT2D eigenvalue weighted by molar-refractivity contribution is 0.0937. The maximum absolute atomic E-state index is 12.7. The van der Waals surface area contributed by atoms with Crippen LogP contribution in [0, 0.1) is 0 Å². The number of likely N-dealkylation sites (tertiary alicyclic amines) is 1. The van der Waals surface area contributed by atoms with Crippen LogP contribution in [0.2, 0.25) is 0 Å². The Morgan fingerprint density at radius 3 is 2.18 bits per heavy atom. The van der Waals surface area contributed by atoms with Crippen LogP contribution in [0.3, 0.4) is 0 Å². The smallest absolute Gasteiger partial charge is 0.268 e. The van der Waals surface area contributed by atoms with Gasteiger partial charge in [-0.3, -0.25) is 14.4 Å². The highest BCUT2D eigenvalue weighted by molar-refractivity contribution is 6.10. The lowest BCUT2D eigenvalue weighted by atomic mass is 10.0. The molecule has 34 heavy (non-hydrogen) atoms. The van der Waals surface area contributed by atoms with E-state index >= 15 is 0 Å². The van der Waals surface area contributed by atoms with Crippen LogP contribution in [-0.2, 0) is 7.05 Å². The molecule has 7 heteroatoms. The third-order valence-corrected chi connectivity index (χ3v) is 6.10.